The predicted molar refractivity (Wildman–Crippen MR) is 84.0 cm³/mol. The summed E-state index contributed by atoms with van der Waals surface area (Å²) in [4.78, 5) is 5.45. The number of thioether (sulfide) groups is 1. The Morgan fingerprint density at radius 3 is 2.53 bits per heavy atom. The molecule has 1 aromatic carbocycles. The Kier molecular flexibility index (Phi) is 6.75. The van der Waals surface area contributed by atoms with Gasteiger partial charge in [-0.15, -0.1) is 11.8 Å². The smallest absolute Gasteiger partial charge is 0.103 e. The summed E-state index contributed by atoms with van der Waals surface area (Å²) in [5, 5.41) is 9.39. The van der Waals surface area contributed by atoms with E-state index in [-0.39, 0.29) is 0 Å². The molecule has 104 valence electrons. The molecule has 0 radical (unpaired) electrons. The van der Waals surface area contributed by atoms with Crippen molar-refractivity contribution in [3.63, 3.8) is 0 Å². The summed E-state index contributed by atoms with van der Waals surface area (Å²) in [6.45, 7) is 4.14. The minimum Gasteiger partial charge on any atom is -0.373 e. The van der Waals surface area contributed by atoms with E-state index in [2.05, 4.69) is 43.9 Å². The standard InChI is InChI=1S/C15H23N3S/c1-5-19-15-9-6-8-14(13(15)12-16)18(4)11-7-10-17(2)3/h6,8-9H,5,7,10-11H2,1-4H3. The SMILES string of the molecule is CCSc1cccc(N(C)CCCN(C)C)c1C#N. The van der Waals surface area contributed by atoms with E-state index >= 15 is 0 Å². The van der Waals surface area contributed by atoms with Crippen LogP contribution >= 0.6 is 11.8 Å². The molecule has 0 spiro atoms. The Morgan fingerprint density at radius 2 is 1.95 bits per heavy atom. The molecule has 0 saturated carbocycles. The maximum absolute atomic E-state index is 9.39. The lowest BCUT2D eigenvalue weighted by Gasteiger charge is -2.22. The van der Waals surface area contributed by atoms with Crippen molar-refractivity contribution in [1.82, 2.24) is 4.90 Å². The van der Waals surface area contributed by atoms with Crippen LogP contribution in [0.3, 0.4) is 0 Å². The molecule has 0 amide bonds. The van der Waals surface area contributed by atoms with Gasteiger partial charge in [-0.2, -0.15) is 5.26 Å². The fourth-order valence-corrected chi connectivity index (χ4v) is 2.75. The van der Waals surface area contributed by atoms with Crippen molar-refractivity contribution in [2.45, 2.75) is 18.2 Å². The second-order valence-electron chi connectivity index (χ2n) is 4.77. The first kappa shape index (κ1) is 15.9. The molecule has 0 heterocycles. The summed E-state index contributed by atoms with van der Waals surface area (Å²) < 4.78 is 0. The predicted octanol–water partition coefficient (Wildman–Crippen LogP) is 3.06. The van der Waals surface area contributed by atoms with Gasteiger partial charge in [0.1, 0.15) is 6.07 Å². The molecule has 0 aliphatic carbocycles. The second-order valence-corrected chi connectivity index (χ2v) is 6.08. The van der Waals surface area contributed by atoms with Gasteiger partial charge in [0.15, 0.2) is 0 Å². The number of hydrogen-bond donors (Lipinski definition) is 0. The zero-order valence-electron chi connectivity index (χ0n) is 12.3. The van der Waals surface area contributed by atoms with Crippen LogP contribution in [-0.2, 0) is 0 Å². The van der Waals surface area contributed by atoms with Gasteiger partial charge in [-0.05, 0) is 44.9 Å². The third-order valence-electron chi connectivity index (χ3n) is 2.93. The fraction of sp³-hybridized carbons (Fsp3) is 0.533. The topological polar surface area (TPSA) is 30.3 Å². The first-order valence-electron chi connectivity index (χ1n) is 6.62. The largest absolute Gasteiger partial charge is 0.373 e. The highest BCUT2D eigenvalue weighted by molar-refractivity contribution is 7.99. The van der Waals surface area contributed by atoms with Crippen molar-refractivity contribution >= 4 is 17.4 Å². The van der Waals surface area contributed by atoms with Crippen LogP contribution in [0.1, 0.15) is 18.9 Å². The van der Waals surface area contributed by atoms with Crippen molar-refractivity contribution < 1.29 is 0 Å². The van der Waals surface area contributed by atoms with E-state index in [0.717, 1.165) is 41.4 Å². The van der Waals surface area contributed by atoms with E-state index in [1.54, 1.807) is 11.8 Å². The molecule has 0 bridgehead atoms. The Hall–Kier alpha value is -1.18. The number of hydrogen-bond acceptors (Lipinski definition) is 4. The van der Waals surface area contributed by atoms with E-state index in [1.807, 2.05) is 18.2 Å². The van der Waals surface area contributed by atoms with Crippen LogP contribution in [0.2, 0.25) is 0 Å². The number of rotatable bonds is 7. The third kappa shape index (κ3) is 4.77. The summed E-state index contributed by atoms with van der Waals surface area (Å²) in [5.41, 5.74) is 1.85. The van der Waals surface area contributed by atoms with Crippen LogP contribution in [0.5, 0.6) is 0 Å². The molecular weight excluding hydrogens is 254 g/mol. The van der Waals surface area contributed by atoms with Gasteiger partial charge in [-0.3, -0.25) is 0 Å². The number of nitriles is 1. The summed E-state index contributed by atoms with van der Waals surface area (Å²) >= 11 is 1.73. The van der Waals surface area contributed by atoms with E-state index in [0.29, 0.717) is 0 Å². The summed E-state index contributed by atoms with van der Waals surface area (Å²) in [5.74, 6) is 0.989. The monoisotopic (exact) mass is 277 g/mol. The van der Waals surface area contributed by atoms with Crippen LogP contribution < -0.4 is 4.90 Å². The first-order chi connectivity index (χ1) is 9.10. The Balaban J connectivity index is 2.81. The van der Waals surface area contributed by atoms with Gasteiger partial charge in [-0.1, -0.05) is 13.0 Å². The van der Waals surface area contributed by atoms with E-state index in [9.17, 15) is 5.26 Å². The molecule has 0 aliphatic heterocycles. The highest BCUT2D eigenvalue weighted by Crippen LogP contribution is 2.29. The highest BCUT2D eigenvalue weighted by Gasteiger charge is 2.11. The maximum Gasteiger partial charge on any atom is 0.103 e. The van der Waals surface area contributed by atoms with Crippen molar-refractivity contribution in [1.29, 1.82) is 5.26 Å². The Labute approximate surface area is 121 Å². The third-order valence-corrected chi connectivity index (χ3v) is 3.87. The number of anilines is 1. The average molecular weight is 277 g/mol. The van der Waals surface area contributed by atoms with E-state index < -0.39 is 0 Å². The molecule has 0 unspecified atom stereocenters. The Bertz CT molecular complexity index is 438. The second kappa shape index (κ2) is 8.08. The van der Waals surface area contributed by atoms with Crippen LogP contribution in [0.4, 0.5) is 5.69 Å². The molecule has 0 aromatic heterocycles. The van der Waals surface area contributed by atoms with Crippen LogP contribution in [-0.4, -0.2) is 44.9 Å². The molecule has 0 aliphatic rings. The lowest BCUT2D eigenvalue weighted by Crippen LogP contribution is -2.24. The number of nitrogens with zero attached hydrogens (tertiary/aromatic N) is 3. The quantitative estimate of drug-likeness (QED) is 0.717. The highest BCUT2D eigenvalue weighted by atomic mass is 32.2. The normalized spacial score (nSPS) is 10.5. The minimum atomic E-state index is 0.807. The van der Waals surface area contributed by atoms with Crippen molar-refractivity contribution in [2.75, 3.05) is 44.9 Å². The van der Waals surface area contributed by atoms with E-state index in [1.165, 1.54) is 0 Å². The van der Waals surface area contributed by atoms with Gasteiger partial charge in [0.25, 0.3) is 0 Å². The summed E-state index contributed by atoms with van der Waals surface area (Å²) in [7, 11) is 6.23. The van der Waals surface area contributed by atoms with E-state index in [4.69, 9.17) is 0 Å². The van der Waals surface area contributed by atoms with Gasteiger partial charge < -0.3 is 9.80 Å². The molecule has 1 aromatic rings. The Morgan fingerprint density at radius 1 is 1.21 bits per heavy atom. The van der Waals surface area contributed by atoms with Crippen LogP contribution in [0, 0.1) is 11.3 Å². The maximum atomic E-state index is 9.39. The molecule has 3 nitrogen and oxygen atoms in total. The minimum absolute atomic E-state index is 0.807. The number of benzene rings is 1. The molecule has 0 fully saturated rings. The van der Waals surface area contributed by atoms with Crippen molar-refractivity contribution in [3.05, 3.63) is 23.8 Å². The molecule has 19 heavy (non-hydrogen) atoms. The first-order valence-corrected chi connectivity index (χ1v) is 7.60. The van der Waals surface area contributed by atoms with Gasteiger partial charge in [0.05, 0.1) is 11.3 Å². The lowest BCUT2D eigenvalue weighted by atomic mass is 10.1. The molecule has 4 heteroatoms. The molecule has 0 saturated heterocycles. The molecule has 1 rings (SSSR count). The molecule has 0 N–H and O–H groups in total. The van der Waals surface area contributed by atoms with Crippen LogP contribution in [0.15, 0.2) is 23.1 Å². The zero-order chi connectivity index (χ0) is 14.3. The van der Waals surface area contributed by atoms with Gasteiger partial charge >= 0.3 is 0 Å². The van der Waals surface area contributed by atoms with Gasteiger partial charge in [-0.25, -0.2) is 0 Å². The average Bonchev–Trinajstić information content (AvgIpc) is 2.38. The fourth-order valence-electron chi connectivity index (χ4n) is 1.97. The lowest BCUT2D eigenvalue weighted by molar-refractivity contribution is 0.401. The van der Waals surface area contributed by atoms with Gasteiger partial charge in [0.2, 0.25) is 0 Å². The van der Waals surface area contributed by atoms with Crippen LogP contribution in [0.25, 0.3) is 0 Å². The molecular formula is C15H23N3S. The zero-order valence-corrected chi connectivity index (χ0v) is 13.1. The van der Waals surface area contributed by atoms with Crippen molar-refractivity contribution in [2.24, 2.45) is 0 Å². The van der Waals surface area contributed by atoms with Gasteiger partial charge in [0, 0.05) is 18.5 Å². The summed E-state index contributed by atoms with van der Waals surface area (Å²) in [6, 6.07) is 8.46. The summed E-state index contributed by atoms with van der Waals surface area (Å²) in [6.07, 6.45) is 1.10. The van der Waals surface area contributed by atoms with Crippen molar-refractivity contribution in [3.8, 4) is 6.07 Å². The molecule has 0 atom stereocenters.